The lowest BCUT2D eigenvalue weighted by molar-refractivity contribution is -0.137. The maximum Gasteiger partial charge on any atom is 0.416 e. The maximum absolute atomic E-state index is 12.9. The number of hydrogen-bond acceptors (Lipinski definition) is 6. The van der Waals surface area contributed by atoms with Gasteiger partial charge in [-0.05, 0) is 36.4 Å². The molecule has 1 amide bonds. The van der Waals surface area contributed by atoms with Gasteiger partial charge < -0.3 is 23.9 Å². The number of carbonyl (C=O) groups is 2. The molecule has 1 heterocycles. The van der Waals surface area contributed by atoms with Crippen LogP contribution in [0.1, 0.15) is 16.1 Å². The Morgan fingerprint density at radius 2 is 1.78 bits per heavy atom. The fraction of sp³-hybridized carbons (Fsp3) is 0.182. The van der Waals surface area contributed by atoms with E-state index in [4.69, 9.17) is 18.6 Å². The van der Waals surface area contributed by atoms with Crippen LogP contribution >= 0.6 is 0 Å². The van der Waals surface area contributed by atoms with Crippen molar-refractivity contribution in [1.29, 1.82) is 0 Å². The van der Waals surface area contributed by atoms with E-state index >= 15 is 0 Å². The predicted molar refractivity (Wildman–Crippen MR) is 108 cm³/mol. The first-order valence-electron chi connectivity index (χ1n) is 9.17. The summed E-state index contributed by atoms with van der Waals surface area (Å²) in [4.78, 5) is 24.3. The fourth-order valence-corrected chi connectivity index (χ4v) is 2.75. The van der Waals surface area contributed by atoms with Crippen LogP contribution in [-0.4, -0.2) is 32.7 Å². The fourth-order valence-electron chi connectivity index (χ4n) is 2.75. The maximum atomic E-state index is 12.9. The first kappa shape index (κ1) is 22.7. The zero-order valence-corrected chi connectivity index (χ0v) is 17.0. The summed E-state index contributed by atoms with van der Waals surface area (Å²) in [6.45, 7) is -0.626. The molecule has 0 unspecified atom stereocenters. The molecule has 0 bridgehead atoms. The van der Waals surface area contributed by atoms with Gasteiger partial charge in [-0.1, -0.05) is 12.1 Å². The highest BCUT2D eigenvalue weighted by Gasteiger charge is 2.30. The summed E-state index contributed by atoms with van der Waals surface area (Å²) in [6, 6.07) is 11.8. The molecule has 3 rings (SSSR count). The van der Waals surface area contributed by atoms with Gasteiger partial charge in [0.25, 0.3) is 5.91 Å². The number of ether oxygens (including phenoxy) is 3. The number of anilines is 1. The van der Waals surface area contributed by atoms with Crippen LogP contribution in [0, 0.1) is 0 Å². The number of rotatable bonds is 7. The van der Waals surface area contributed by atoms with Crippen LogP contribution in [0.3, 0.4) is 0 Å². The van der Waals surface area contributed by atoms with Crippen LogP contribution in [0.15, 0.2) is 59.0 Å². The summed E-state index contributed by atoms with van der Waals surface area (Å²) < 4.78 is 59.1. The Kier molecular flexibility index (Phi) is 6.72. The molecule has 0 atom stereocenters. The second kappa shape index (κ2) is 9.46. The summed E-state index contributed by atoms with van der Waals surface area (Å²) >= 11 is 0. The molecule has 0 aliphatic carbocycles. The third-order valence-electron chi connectivity index (χ3n) is 4.30. The Bertz CT molecular complexity index is 1120. The molecule has 0 saturated carbocycles. The van der Waals surface area contributed by atoms with Crippen molar-refractivity contribution >= 4 is 17.6 Å². The van der Waals surface area contributed by atoms with Crippen molar-refractivity contribution in [3.63, 3.8) is 0 Å². The van der Waals surface area contributed by atoms with Crippen LogP contribution < -0.4 is 14.8 Å². The number of amides is 1. The van der Waals surface area contributed by atoms with Gasteiger partial charge in [-0.15, -0.1) is 0 Å². The van der Waals surface area contributed by atoms with Crippen LogP contribution in [0.5, 0.6) is 11.5 Å². The molecule has 0 spiro atoms. The molecule has 0 radical (unpaired) electrons. The zero-order valence-electron chi connectivity index (χ0n) is 17.0. The van der Waals surface area contributed by atoms with E-state index in [9.17, 15) is 22.8 Å². The molecule has 3 aromatic rings. The van der Waals surface area contributed by atoms with E-state index in [2.05, 4.69) is 5.32 Å². The van der Waals surface area contributed by atoms with Gasteiger partial charge in [0, 0.05) is 11.6 Å². The van der Waals surface area contributed by atoms with E-state index in [0.29, 0.717) is 17.2 Å². The monoisotopic (exact) mass is 449 g/mol. The Hall–Kier alpha value is -3.95. The normalized spacial score (nSPS) is 11.0. The number of furan rings is 1. The van der Waals surface area contributed by atoms with E-state index < -0.39 is 30.2 Å². The topological polar surface area (TPSA) is 87.0 Å². The molecule has 10 heteroatoms. The van der Waals surface area contributed by atoms with Gasteiger partial charge in [0.1, 0.15) is 17.3 Å². The first-order chi connectivity index (χ1) is 15.2. The molecule has 7 nitrogen and oxygen atoms in total. The lowest BCUT2D eigenvalue weighted by Crippen LogP contribution is -2.21. The number of carbonyl (C=O) groups excluding carboxylic acids is 2. The molecule has 0 aliphatic heterocycles. The minimum absolute atomic E-state index is 0.0496. The molecule has 168 valence electrons. The van der Waals surface area contributed by atoms with Gasteiger partial charge in [0.15, 0.2) is 6.61 Å². The van der Waals surface area contributed by atoms with Gasteiger partial charge in [-0.2, -0.15) is 13.2 Å². The van der Waals surface area contributed by atoms with Crippen molar-refractivity contribution in [2.45, 2.75) is 6.18 Å². The lowest BCUT2D eigenvalue weighted by atomic mass is 10.1. The van der Waals surface area contributed by atoms with Gasteiger partial charge in [-0.3, -0.25) is 4.79 Å². The molecule has 0 saturated heterocycles. The third kappa shape index (κ3) is 5.39. The lowest BCUT2D eigenvalue weighted by Gasteiger charge is -2.11. The summed E-state index contributed by atoms with van der Waals surface area (Å²) in [6.07, 6.45) is -4.51. The van der Waals surface area contributed by atoms with Crippen LogP contribution in [0.2, 0.25) is 0 Å². The van der Waals surface area contributed by atoms with Crippen molar-refractivity contribution in [3.05, 3.63) is 65.9 Å². The average Bonchev–Trinajstić information content (AvgIpc) is 3.27. The highest BCUT2D eigenvalue weighted by atomic mass is 19.4. The quantitative estimate of drug-likeness (QED) is 0.523. The largest absolute Gasteiger partial charge is 0.497 e. The van der Waals surface area contributed by atoms with Crippen molar-refractivity contribution in [2.75, 3.05) is 26.1 Å². The van der Waals surface area contributed by atoms with Gasteiger partial charge in [-0.25, -0.2) is 4.79 Å². The minimum Gasteiger partial charge on any atom is -0.497 e. The molecular formula is C22H18F3NO6. The number of esters is 1. The molecule has 2 aromatic carbocycles. The number of methoxy groups -OCH3 is 2. The van der Waals surface area contributed by atoms with Crippen molar-refractivity contribution in [2.24, 2.45) is 0 Å². The van der Waals surface area contributed by atoms with E-state index in [1.54, 1.807) is 12.1 Å². The number of hydrogen-bond donors (Lipinski definition) is 1. The molecule has 1 aromatic heterocycles. The van der Waals surface area contributed by atoms with Crippen LogP contribution in [-0.2, 0) is 15.7 Å². The van der Waals surface area contributed by atoms with E-state index in [0.717, 1.165) is 12.1 Å². The SMILES string of the molecule is COc1ccc(OC)c(NC(=O)COC(=O)c2ccc(-c3cccc(C(F)(F)F)c3)o2)c1. The predicted octanol–water partition coefficient (Wildman–Crippen LogP) is 4.78. The first-order valence-corrected chi connectivity index (χ1v) is 9.17. The minimum atomic E-state index is -4.51. The summed E-state index contributed by atoms with van der Waals surface area (Å²) in [5.41, 5.74) is -0.389. The van der Waals surface area contributed by atoms with E-state index in [-0.39, 0.29) is 17.1 Å². The second-order valence-electron chi connectivity index (χ2n) is 6.43. The van der Waals surface area contributed by atoms with E-state index in [1.165, 1.54) is 44.6 Å². The highest BCUT2D eigenvalue weighted by Crippen LogP contribution is 2.33. The standard InChI is InChI=1S/C22H18F3NO6/c1-29-15-6-7-18(30-2)16(11-15)26-20(27)12-31-21(28)19-9-8-17(32-19)13-4-3-5-14(10-13)22(23,24)25/h3-11H,12H2,1-2H3,(H,26,27). The van der Waals surface area contributed by atoms with Crippen molar-refractivity contribution in [3.8, 4) is 22.8 Å². The zero-order chi connectivity index (χ0) is 23.3. The van der Waals surface area contributed by atoms with Crippen LogP contribution in [0.25, 0.3) is 11.3 Å². The summed E-state index contributed by atoms with van der Waals surface area (Å²) in [7, 11) is 2.89. The third-order valence-corrected chi connectivity index (χ3v) is 4.30. The smallest absolute Gasteiger partial charge is 0.416 e. The summed E-state index contributed by atoms with van der Waals surface area (Å²) in [5, 5.41) is 2.54. The molecule has 0 fully saturated rings. The Labute approximate surface area is 180 Å². The van der Waals surface area contributed by atoms with Gasteiger partial charge in [0.05, 0.1) is 25.5 Å². The second-order valence-corrected chi connectivity index (χ2v) is 6.43. The summed E-state index contributed by atoms with van der Waals surface area (Å²) in [5.74, 6) is -0.943. The Morgan fingerprint density at radius 3 is 2.47 bits per heavy atom. The number of alkyl halides is 3. The van der Waals surface area contributed by atoms with E-state index in [1.807, 2.05) is 0 Å². The van der Waals surface area contributed by atoms with Gasteiger partial charge in [0.2, 0.25) is 5.76 Å². The van der Waals surface area contributed by atoms with Gasteiger partial charge >= 0.3 is 12.1 Å². The molecular weight excluding hydrogens is 431 g/mol. The molecule has 1 N–H and O–H groups in total. The Morgan fingerprint density at radius 1 is 1.00 bits per heavy atom. The number of halogens is 3. The van der Waals surface area contributed by atoms with Crippen molar-refractivity contribution in [1.82, 2.24) is 0 Å². The average molecular weight is 449 g/mol. The highest BCUT2D eigenvalue weighted by molar-refractivity contribution is 5.96. The van der Waals surface area contributed by atoms with Crippen molar-refractivity contribution < 1.29 is 41.4 Å². The Balaban J connectivity index is 1.63. The number of benzene rings is 2. The molecule has 32 heavy (non-hydrogen) atoms. The molecule has 0 aliphatic rings. The van der Waals surface area contributed by atoms with Crippen LogP contribution in [0.4, 0.5) is 18.9 Å². The number of nitrogens with one attached hydrogen (secondary N) is 1.